The third-order valence-electron chi connectivity index (χ3n) is 7.11. The minimum atomic E-state index is -1.49. The van der Waals surface area contributed by atoms with Crippen molar-refractivity contribution in [3.8, 4) is 11.1 Å². The van der Waals surface area contributed by atoms with Gasteiger partial charge in [-0.2, -0.15) is 0 Å². The number of carboxylic acid groups (broad SMARTS) is 1. The molecule has 0 spiro atoms. The highest BCUT2D eigenvalue weighted by molar-refractivity contribution is 6.01. The molecule has 2 fully saturated rings. The third kappa shape index (κ3) is 3.54. The number of rotatable bonds is 4. The van der Waals surface area contributed by atoms with E-state index in [0.717, 1.165) is 11.1 Å². The summed E-state index contributed by atoms with van der Waals surface area (Å²) < 4.78 is 18.9. The van der Waals surface area contributed by atoms with E-state index in [4.69, 9.17) is 4.74 Å². The monoisotopic (exact) mass is 423 g/mol. The molecule has 5 nitrogen and oxygen atoms in total. The fraction of sp³-hybridized carbons (Fsp3) is 0.400. The molecule has 1 aromatic heterocycles. The van der Waals surface area contributed by atoms with Gasteiger partial charge in [-0.25, -0.2) is 4.39 Å². The smallest absolute Gasteiger partial charge is 0.324 e. The normalized spacial score (nSPS) is 32.6. The Hall–Kier alpha value is -3.02. The number of allylic oxidation sites excluding steroid dienone is 1. The predicted molar refractivity (Wildman–Crippen MR) is 114 cm³/mol. The van der Waals surface area contributed by atoms with Crippen molar-refractivity contribution in [1.29, 1.82) is 0 Å². The molecule has 2 aliphatic rings. The van der Waals surface area contributed by atoms with Crippen LogP contribution in [0.3, 0.4) is 0 Å². The number of nitrogens with zero attached hydrogens (tertiary/aromatic N) is 1. The first-order valence-corrected chi connectivity index (χ1v) is 10.6. The quantitative estimate of drug-likeness (QED) is 0.563. The van der Waals surface area contributed by atoms with Gasteiger partial charge in [0.15, 0.2) is 5.41 Å². The maximum Gasteiger partial charge on any atom is 0.324 e. The van der Waals surface area contributed by atoms with E-state index in [2.05, 4.69) is 11.9 Å². The standard InChI is InChI=1S/C25H26FNO4/c1-14-12-25(23(28)29)22(16(3)31-24(25)30)21(15(14)2)10-9-20-8-7-18(13-27-20)17-5-4-6-19(26)11-17/h4-11,13-16,21-22H,12H2,1-3H3,(H,28,29)/t14-,15+,16+,21-,22+,25+/m0/s1. The number of carbonyl (C=O) groups excluding carboxylic acids is 1. The average Bonchev–Trinajstić information content (AvgIpc) is 2.99. The Bertz CT molecular complexity index is 1030. The second-order valence-electron chi connectivity index (χ2n) is 8.87. The highest BCUT2D eigenvalue weighted by atomic mass is 19.1. The summed E-state index contributed by atoms with van der Waals surface area (Å²) in [4.78, 5) is 29.3. The Kier molecular flexibility index (Phi) is 5.42. The summed E-state index contributed by atoms with van der Waals surface area (Å²) >= 11 is 0. The number of pyridine rings is 1. The summed E-state index contributed by atoms with van der Waals surface area (Å²) in [5.74, 6) is -2.32. The SMILES string of the molecule is C[C@H]1[C@H](C=Cc2ccc(-c3cccc(F)c3)cn2)[C@H]2[C@@H](C)OC(=O)[C@]2(C(=O)O)C[C@@H]1C. The van der Waals surface area contributed by atoms with E-state index in [9.17, 15) is 19.1 Å². The van der Waals surface area contributed by atoms with E-state index >= 15 is 0 Å². The highest BCUT2D eigenvalue weighted by Crippen LogP contribution is 2.56. The minimum absolute atomic E-state index is 0.0585. The van der Waals surface area contributed by atoms with Crippen LogP contribution in [0.25, 0.3) is 17.2 Å². The van der Waals surface area contributed by atoms with Crippen LogP contribution in [-0.4, -0.2) is 28.1 Å². The summed E-state index contributed by atoms with van der Waals surface area (Å²) in [5, 5.41) is 9.99. The lowest BCUT2D eigenvalue weighted by molar-refractivity contribution is -0.167. The first-order valence-electron chi connectivity index (χ1n) is 10.6. The van der Waals surface area contributed by atoms with Crippen LogP contribution in [0.5, 0.6) is 0 Å². The van der Waals surface area contributed by atoms with Gasteiger partial charge in [0.05, 0.1) is 5.69 Å². The first-order chi connectivity index (χ1) is 14.7. The van der Waals surface area contributed by atoms with Crippen LogP contribution in [0.15, 0.2) is 48.7 Å². The lowest BCUT2D eigenvalue weighted by Gasteiger charge is -2.45. The summed E-state index contributed by atoms with van der Waals surface area (Å²) in [7, 11) is 0. The molecule has 1 N–H and O–H groups in total. The second-order valence-corrected chi connectivity index (χ2v) is 8.87. The van der Waals surface area contributed by atoms with Gasteiger partial charge in [0, 0.05) is 17.7 Å². The zero-order valence-corrected chi connectivity index (χ0v) is 17.8. The van der Waals surface area contributed by atoms with Crippen molar-refractivity contribution in [3.63, 3.8) is 0 Å². The zero-order chi connectivity index (χ0) is 22.3. The second kappa shape index (κ2) is 7.91. The van der Waals surface area contributed by atoms with Crippen molar-refractivity contribution < 1.29 is 23.8 Å². The van der Waals surface area contributed by atoms with E-state index in [-0.39, 0.29) is 23.6 Å². The lowest BCUT2D eigenvalue weighted by Crippen LogP contribution is -2.52. The Morgan fingerprint density at radius 1 is 1.23 bits per heavy atom. The van der Waals surface area contributed by atoms with Crippen molar-refractivity contribution in [2.24, 2.45) is 29.1 Å². The van der Waals surface area contributed by atoms with Crippen LogP contribution in [0.1, 0.15) is 32.9 Å². The molecule has 1 aliphatic heterocycles. The molecule has 2 aromatic rings. The Labute approximate surface area is 181 Å². The molecule has 4 rings (SSSR count). The van der Waals surface area contributed by atoms with Crippen molar-refractivity contribution >= 4 is 18.0 Å². The van der Waals surface area contributed by atoms with Gasteiger partial charge in [0.25, 0.3) is 0 Å². The first kappa shape index (κ1) is 21.2. The number of esters is 1. The number of aromatic nitrogens is 1. The maximum absolute atomic E-state index is 13.5. The van der Waals surface area contributed by atoms with Gasteiger partial charge < -0.3 is 9.84 Å². The van der Waals surface area contributed by atoms with Gasteiger partial charge in [-0.05, 0) is 60.9 Å². The van der Waals surface area contributed by atoms with Gasteiger partial charge in [-0.3, -0.25) is 14.6 Å². The van der Waals surface area contributed by atoms with Crippen molar-refractivity contribution in [2.45, 2.75) is 33.3 Å². The van der Waals surface area contributed by atoms with Gasteiger partial charge >= 0.3 is 11.9 Å². The number of halogens is 1. The predicted octanol–water partition coefficient (Wildman–Crippen LogP) is 4.83. The lowest BCUT2D eigenvalue weighted by atomic mass is 9.55. The van der Waals surface area contributed by atoms with Gasteiger partial charge in [0.1, 0.15) is 11.9 Å². The van der Waals surface area contributed by atoms with E-state index in [1.165, 1.54) is 12.1 Å². The molecule has 1 aliphatic carbocycles. The third-order valence-corrected chi connectivity index (χ3v) is 7.11. The average molecular weight is 423 g/mol. The van der Waals surface area contributed by atoms with E-state index in [0.29, 0.717) is 12.1 Å². The Morgan fingerprint density at radius 2 is 2.00 bits per heavy atom. The Morgan fingerprint density at radius 3 is 2.65 bits per heavy atom. The zero-order valence-electron chi connectivity index (χ0n) is 17.8. The molecule has 162 valence electrons. The molecule has 0 bridgehead atoms. The molecule has 6 heteroatoms. The number of fused-ring (bicyclic) bond motifs is 1. The van der Waals surface area contributed by atoms with Crippen molar-refractivity contribution in [1.82, 2.24) is 4.98 Å². The molecule has 2 heterocycles. The van der Waals surface area contributed by atoms with Crippen molar-refractivity contribution in [3.05, 3.63) is 60.2 Å². The van der Waals surface area contributed by atoms with Gasteiger partial charge in [0.2, 0.25) is 0 Å². The fourth-order valence-electron chi connectivity index (χ4n) is 5.31. The molecule has 0 radical (unpaired) electrons. The van der Waals surface area contributed by atoms with Crippen LogP contribution >= 0.6 is 0 Å². The number of benzene rings is 1. The van der Waals surface area contributed by atoms with Crippen LogP contribution in [0, 0.1) is 34.9 Å². The molecule has 31 heavy (non-hydrogen) atoms. The number of hydrogen-bond acceptors (Lipinski definition) is 4. The summed E-state index contributed by atoms with van der Waals surface area (Å²) in [5.41, 5.74) is 0.781. The summed E-state index contributed by atoms with van der Waals surface area (Å²) in [6.07, 6.45) is 5.37. The van der Waals surface area contributed by atoms with E-state index in [1.54, 1.807) is 19.2 Å². The van der Waals surface area contributed by atoms with Crippen molar-refractivity contribution in [2.75, 3.05) is 0 Å². The van der Waals surface area contributed by atoms with Crippen LogP contribution in [0.2, 0.25) is 0 Å². The molecular weight excluding hydrogens is 397 g/mol. The largest absolute Gasteiger partial charge is 0.480 e. The summed E-state index contributed by atoms with van der Waals surface area (Å²) in [6, 6.07) is 10.1. The number of hydrogen-bond donors (Lipinski definition) is 1. The van der Waals surface area contributed by atoms with E-state index in [1.807, 2.05) is 37.3 Å². The maximum atomic E-state index is 13.5. The molecule has 0 unspecified atom stereocenters. The Balaban J connectivity index is 1.62. The van der Waals surface area contributed by atoms with Gasteiger partial charge in [-0.15, -0.1) is 0 Å². The topological polar surface area (TPSA) is 76.5 Å². The number of aliphatic carboxylic acids is 1. The number of cyclic esters (lactones) is 1. The molecule has 1 saturated heterocycles. The van der Waals surface area contributed by atoms with E-state index < -0.39 is 29.4 Å². The minimum Gasteiger partial charge on any atom is -0.480 e. The number of ether oxygens (including phenoxy) is 1. The molecule has 1 saturated carbocycles. The van der Waals surface area contributed by atoms with Crippen LogP contribution in [0.4, 0.5) is 4.39 Å². The highest BCUT2D eigenvalue weighted by Gasteiger charge is 2.66. The number of carboxylic acids is 1. The molecule has 6 atom stereocenters. The summed E-state index contributed by atoms with van der Waals surface area (Å²) in [6.45, 7) is 5.87. The number of carbonyl (C=O) groups is 2. The molecule has 1 aromatic carbocycles. The fourth-order valence-corrected chi connectivity index (χ4v) is 5.31. The van der Waals surface area contributed by atoms with Gasteiger partial charge in [-0.1, -0.05) is 38.1 Å². The van der Waals surface area contributed by atoms with Crippen LogP contribution < -0.4 is 0 Å². The molecular formula is C25H26FNO4. The molecule has 0 amide bonds. The van der Waals surface area contributed by atoms with Crippen LogP contribution in [-0.2, 0) is 14.3 Å².